The van der Waals surface area contributed by atoms with Crippen LogP contribution in [0.25, 0.3) is 5.53 Å². The number of ether oxygens (including phenoxy) is 2. The first-order valence-electron chi connectivity index (χ1n) is 7.94. The molecule has 1 aliphatic carbocycles. The molecule has 0 saturated carbocycles. The number of rotatable bonds is 8. The summed E-state index contributed by atoms with van der Waals surface area (Å²) in [6.07, 6.45) is 4.82. The highest BCUT2D eigenvalue weighted by molar-refractivity contribution is 6.60. The van der Waals surface area contributed by atoms with Crippen LogP contribution < -0.4 is 0 Å². The topological polar surface area (TPSA) is 109 Å². The summed E-state index contributed by atoms with van der Waals surface area (Å²) >= 11 is 0. The zero-order valence-corrected chi connectivity index (χ0v) is 13.9. The van der Waals surface area contributed by atoms with Gasteiger partial charge in [0.05, 0.1) is 13.2 Å². The normalized spacial score (nSPS) is 19.9. The van der Waals surface area contributed by atoms with Gasteiger partial charge >= 0.3 is 17.7 Å². The van der Waals surface area contributed by atoms with Gasteiger partial charge in [0.1, 0.15) is 6.10 Å². The minimum Gasteiger partial charge on any atom is -0.472 e. The van der Waals surface area contributed by atoms with Gasteiger partial charge in [0, 0.05) is 5.41 Å². The maximum atomic E-state index is 11.9. The van der Waals surface area contributed by atoms with E-state index >= 15 is 0 Å². The molecule has 0 fully saturated rings. The predicted octanol–water partition coefficient (Wildman–Crippen LogP) is 2.23. The Bertz CT molecular complexity index is 709. The number of benzene rings is 1. The summed E-state index contributed by atoms with van der Waals surface area (Å²) in [6, 6.07) is 9.69. The Morgan fingerprint density at radius 3 is 2.64 bits per heavy atom. The molecule has 0 saturated heterocycles. The number of carbonyl (C=O) groups is 2. The number of nitrogens with zero attached hydrogens (tertiary/aromatic N) is 2. The van der Waals surface area contributed by atoms with E-state index in [1.807, 2.05) is 42.5 Å². The monoisotopic (exact) mass is 344 g/mol. The van der Waals surface area contributed by atoms with Gasteiger partial charge in [0.15, 0.2) is 0 Å². The van der Waals surface area contributed by atoms with Crippen LogP contribution in [0.4, 0.5) is 0 Å². The molecule has 1 N–H and O–H groups in total. The van der Waals surface area contributed by atoms with Crippen LogP contribution in [0.15, 0.2) is 42.5 Å². The quantitative estimate of drug-likeness (QED) is 0.194. The van der Waals surface area contributed by atoms with Crippen molar-refractivity contribution in [3.63, 3.8) is 0 Å². The third kappa shape index (κ3) is 4.62. The minimum absolute atomic E-state index is 0.325. The largest absolute Gasteiger partial charge is 0.482 e. The highest BCUT2D eigenvalue weighted by atomic mass is 16.5. The third-order valence-electron chi connectivity index (χ3n) is 4.30. The van der Waals surface area contributed by atoms with Crippen LogP contribution in [0, 0.1) is 5.41 Å². The van der Waals surface area contributed by atoms with Crippen molar-refractivity contribution >= 4 is 17.7 Å². The Labute approximate surface area is 145 Å². The van der Waals surface area contributed by atoms with Crippen LogP contribution in [-0.2, 0) is 25.7 Å². The van der Waals surface area contributed by atoms with Gasteiger partial charge < -0.3 is 20.1 Å². The van der Waals surface area contributed by atoms with Gasteiger partial charge in [-0.1, -0.05) is 42.5 Å². The van der Waals surface area contributed by atoms with E-state index in [1.165, 1.54) is 0 Å². The molecule has 0 radical (unpaired) electrons. The van der Waals surface area contributed by atoms with Gasteiger partial charge in [-0.15, -0.1) is 0 Å². The second kappa shape index (κ2) is 8.37. The molecule has 132 valence electrons. The number of hydrogen-bond acceptors (Lipinski definition) is 4. The zero-order chi connectivity index (χ0) is 18.3. The van der Waals surface area contributed by atoms with Crippen LogP contribution in [0.3, 0.4) is 0 Å². The number of aliphatic carboxylic acids is 1. The second-order valence-electron chi connectivity index (χ2n) is 5.95. The van der Waals surface area contributed by atoms with Crippen molar-refractivity contribution in [1.29, 1.82) is 0 Å². The molecule has 0 heterocycles. The van der Waals surface area contributed by atoms with Gasteiger partial charge in [-0.2, -0.15) is 4.79 Å². The lowest BCUT2D eigenvalue weighted by Gasteiger charge is -2.32. The lowest BCUT2D eigenvalue weighted by Crippen LogP contribution is -2.40. The third-order valence-corrected chi connectivity index (χ3v) is 4.30. The summed E-state index contributed by atoms with van der Waals surface area (Å²) in [5.41, 5.74) is 8.09. The standard InChI is InChI=1S/C18H20N2O5/c1-13(25-17(23)15(20-19)16(21)22)18(9-5-6-10-18)12-24-11-14-7-3-2-4-8-14/h2-5,7-9,13H,6,10-12H2,1H3,(H,21,22). The van der Waals surface area contributed by atoms with E-state index in [0.717, 1.165) is 18.4 Å². The fraction of sp³-hybridized carbons (Fsp3) is 0.389. The molecule has 0 amide bonds. The molecule has 0 aliphatic heterocycles. The van der Waals surface area contributed by atoms with Crippen molar-refractivity contribution in [2.45, 2.75) is 32.5 Å². The highest BCUT2D eigenvalue weighted by Crippen LogP contribution is 2.37. The summed E-state index contributed by atoms with van der Waals surface area (Å²) in [6.45, 7) is 2.43. The SMILES string of the molecule is CC(OC(=O)C(=[N+]=[N-])C(=O)O)C1(COCc2ccccc2)C=CCC1. The van der Waals surface area contributed by atoms with Crippen molar-refractivity contribution in [3.8, 4) is 0 Å². The zero-order valence-electron chi connectivity index (χ0n) is 13.9. The maximum absolute atomic E-state index is 11.9. The fourth-order valence-corrected chi connectivity index (χ4v) is 2.77. The molecule has 2 atom stereocenters. The van der Waals surface area contributed by atoms with Gasteiger partial charge in [-0.3, -0.25) is 0 Å². The molecule has 1 aliphatic rings. The molecule has 7 nitrogen and oxygen atoms in total. The molecule has 2 rings (SSSR count). The van der Waals surface area contributed by atoms with E-state index < -0.39 is 29.2 Å². The van der Waals surface area contributed by atoms with Crippen molar-refractivity contribution in [2.24, 2.45) is 5.41 Å². The maximum Gasteiger partial charge on any atom is 0.482 e. The lowest BCUT2D eigenvalue weighted by molar-refractivity contribution is -0.155. The molecule has 7 heteroatoms. The Balaban J connectivity index is 2.01. The molecular weight excluding hydrogens is 324 g/mol. The summed E-state index contributed by atoms with van der Waals surface area (Å²) in [5.74, 6) is -2.82. The number of carboxylic acids is 1. The molecule has 25 heavy (non-hydrogen) atoms. The van der Waals surface area contributed by atoms with Crippen LogP contribution >= 0.6 is 0 Å². The van der Waals surface area contributed by atoms with Crippen LogP contribution in [0.5, 0.6) is 0 Å². The average Bonchev–Trinajstić information content (AvgIpc) is 3.06. The fourth-order valence-electron chi connectivity index (χ4n) is 2.77. The van der Waals surface area contributed by atoms with Gasteiger partial charge in [0.2, 0.25) is 0 Å². The molecule has 0 aromatic heterocycles. The van der Waals surface area contributed by atoms with E-state index in [0.29, 0.717) is 13.2 Å². The summed E-state index contributed by atoms with van der Waals surface area (Å²) in [4.78, 5) is 25.2. The lowest BCUT2D eigenvalue weighted by atomic mass is 9.83. The summed E-state index contributed by atoms with van der Waals surface area (Å²) in [5, 5.41) is 8.82. The van der Waals surface area contributed by atoms with Gasteiger partial charge in [-0.25, -0.2) is 9.59 Å². The second-order valence-corrected chi connectivity index (χ2v) is 5.95. The first-order valence-corrected chi connectivity index (χ1v) is 7.94. The van der Waals surface area contributed by atoms with Crippen LogP contribution in [0.2, 0.25) is 0 Å². The van der Waals surface area contributed by atoms with Gasteiger partial charge in [-0.05, 0) is 25.3 Å². The minimum atomic E-state index is -1.64. The Morgan fingerprint density at radius 1 is 1.36 bits per heavy atom. The van der Waals surface area contributed by atoms with E-state index in [-0.39, 0.29) is 0 Å². The molecule has 0 bridgehead atoms. The Hall–Kier alpha value is -2.76. The van der Waals surface area contributed by atoms with Crippen molar-refractivity contribution < 1.29 is 29.0 Å². The van der Waals surface area contributed by atoms with Gasteiger partial charge in [0.25, 0.3) is 0 Å². The van der Waals surface area contributed by atoms with E-state index in [9.17, 15) is 9.59 Å². The molecular formula is C18H20N2O5. The van der Waals surface area contributed by atoms with Crippen LogP contribution in [0.1, 0.15) is 25.3 Å². The summed E-state index contributed by atoms with van der Waals surface area (Å²) < 4.78 is 11.0. The molecule has 2 unspecified atom stereocenters. The number of carbonyl (C=O) groups excluding carboxylic acids is 1. The predicted molar refractivity (Wildman–Crippen MR) is 88.7 cm³/mol. The van der Waals surface area contributed by atoms with E-state index in [1.54, 1.807) is 6.92 Å². The summed E-state index contributed by atoms with van der Waals surface area (Å²) in [7, 11) is 0. The smallest absolute Gasteiger partial charge is 0.472 e. The van der Waals surface area contributed by atoms with E-state index in [4.69, 9.17) is 20.1 Å². The Kier molecular flexibility index (Phi) is 6.22. The Morgan fingerprint density at radius 2 is 2.08 bits per heavy atom. The first kappa shape index (κ1) is 18.6. The van der Waals surface area contributed by atoms with Crippen LogP contribution in [-0.4, -0.2) is 40.3 Å². The van der Waals surface area contributed by atoms with Crippen molar-refractivity contribution in [3.05, 3.63) is 53.6 Å². The molecule has 0 spiro atoms. The number of hydrogen-bond donors (Lipinski definition) is 1. The number of allylic oxidation sites excluding steroid dienone is 1. The number of esters is 1. The number of carboxylic acid groups (broad SMARTS) is 1. The highest BCUT2D eigenvalue weighted by Gasteiger charge is 2.41. The first-order chi connectivity index (χ1) is 12.0. The molecule has 1 aromatic carbocycles. The average molecular weight is 344 g/mol. The van der Waals surface area contributed by atoms with Crippen molar-refractivity contribution in [2.75, 3.05) is 6.61 Å². The van der Waals surface area contributed by atoms with E-state index in [2.05, 4.69) is 4.79 Å². The molecule has 1 aromatic rings. The van der Waals surface area contributed by atoms with Crippen molar-refractivity contribution in [1.82, 2.24) is 0 Å².